The van der Waals surface area contributed by atoms with Crippen LogP contribution in [-0.2, 0) is 13.2 Å². The zero-order valence-electron chi connectivity index (χ0n) is 10.6. The highest BCUT2D eigenvalue weighted by molar-refractivity contribution is 5.47. The van der Waals surface area contributed by atoms with Crippen LogP contribution in [0.25, 0.3) is 0 Å². The van der Waals surface area contributed by atoms with Crippen molar-refractivity contribution in [3.8, 4) is 5.75 Å². The van der Waals surface area contributed by atoms with Gasteiger partial charge in [-0.15, -0.1) is 0 Å². The van der Waals surface area contributed by atoms with Crippen molar-refractivity contribution in [1.82, 2.24) is 4.98 Å². The average molecular weight is 260 g/mol. The first-order chi connectivity index (χ1) is 9.13. The highest BCUT2D eigenvalue weighted by Crippen LogP contribution is 2.26. The van der Waals surface area contributed by atoms with Crippen LogP contribution in [0, 0.1) is 6.92 Å². The van der Waals surface area contributed by atoms with Crippen molar-refractivity contribution in [2.45, 2.75) is 20.1 Å². The lowest BCUT2D eigenvalue weighted by atomic mass is 10.1. The summed E-state index contributed by atoms with van der Waals surface area (Å²) in [4.78, 5) is 3.98. The number of hydrogen-bond acceptors (Lipinski definition) is 5. The van der Waals surface area contributed by atoms with Crippen LogP contribution in [0.2, 0.25) is 0 Å². The van der Waals surface area contributed by atoms with Gasteiger partial charge in [-0.05, 0) is 19.1 Å². The van der Waals surface area contributed by atoms with E-state index in [1.807, 2.05) is 18.2 Å². The van der Waals surface area contributed by atoms with E-state index < -0.39 is 0 Å². The molecule has 0 fully saturated rings. The number of aryl methyl sites for hydroxylation is 1. The van der Waals surface area contributed by atoms with Crippen molar-refractivity contribution >= 4 is 5.69 Å². The number of para-hydroxylation sites is 1. The average Bonchev–Trinajstić information content (AvgIpc) is 2.45. The number of aromatic nitrogens is 1. The third-order valence-corrected chi connectivity index (χ3v) is 2.96. The Balaban J connectivity index is 2.30. The molecule has 1 aromatic heterocycles. The molecule has 0 aliphatic carbocycles. The molecule has 0 amide bonds. The van der Waals surface area contributed by atoms with Crippen molar-refractivity contribution in [3.63, 3.8) is 0 Å². The standard InChI is InChI=1S/C14H16N2O3/c1-10-14(18)13(11(9-17)7-15-10)8-16(19)12-5-3-2-4-6-12/h2-7,17-19H,8-9H2,1H3. The fourth-order valence-electron chi connectivity index (χ4n) is 1.84. The van der Waals surface area contributed by atoms with Crippen LogP contribution in [-0.4, -0.2) is 20.4 Å². The Hall–Kier alpha value is -2.11. The summed E-state index contributed by atoms with van der Waals surface area (Å²) in [6.07, 6.45) is 1.50. The van der Waals surface area contributed by atoms with Crippen molar-refractivity contribution in [2.75, 3.05) is 5.06 Å². The van der Waals surface area contributed by atoms with Gasteiger partial charge in [-0.25, -0.2) is 0 Å². The first kappa shape index (κ1) is 13.3. The molecule has 3 N–H and O–H groups in total. The Morgan fingerprint density at radius 2 is 1.89 bits per heavy atom. The van der Waals surface area contributed by atoms with Gasteiger partial charge in [0.1, 0.15) is 5.75 Å². The zero-order valence-corrected chi connectivity index (χ0v) is 10.6. The summed E-state index contributed by atoms with van der Waals surface area (Å²) >= 11 is 0. The molecule has 0 spiro atoms. The molecular formula is C14H16N2O3. The molecule has 0 bridgehead atoms. The first-order valence-corrected chi connectivity index (χ1v) is 5.92. The molecule has 1 heterocycles. The lowest BCUT2D eigenvalue weighted by Gasteiger charge is -2.19. The molecular weight excluding hydrogens is 244 g/mol. The van der Waals surface area contributed by atoms with E-state index in [0.29, 0.717) is 22.5 Å². The number of rotatable bonds is 4. The summed E-state index contributed by atoms with van der Waals surface area (Å²) in [5.74, 6) is 0.00142. The number of hydroxylamine groups is 1. The third-order valence-electron chi connectivity index (χ3n) is 2.96. The highest BCUT2D eigenvalue weighted by atomic mass is 16.5. The lowest BCUT2D eigenvalue weighted by Crippen LogP contribution is -2.18. The van der Waals surface area contributed by atoms with Crippen LogP contribution < -0.4 is 5.06 Å². The number of pyridine rings is 1. The number of aliphatic hydroxyl groups excluding tert-OH is 1. The minimum atomic E-state index is -0.237. The fourth-order valence-corrected chi connectivity index (χ4v) is 1.84. The van der Waals surface area contributed by atoms with E-state index in [9.17, 15) is 15.4 Å². The van der Waals surface area contributed by atoms with Crippen LogP contribution in [0.15, 0.2) is 36.5 Å². The Labute approximate surface area is 111 Å². The van der Waals surface area contributed by atoms with Crippen molar-refractivity contribution < 1.29 is 15.4 Å². The van der Waals surface area contributed by atoms with Crippen molar-refractivity contribution in [1.29, 1.82) is 0 Å². The minimum absolute atomic E-state index is 0.00142. The van der Waals surface area contributed by atoms with Gasteiger partial charge in [-0.1, -0.05) is 18.2 Å². The van der Waals surface area contributed by atoms with Gasteiger partial charge < -0.3 is 10.2 Å². The second-order valence-corrected chi connectivity index (χ2v) is 4.25. The molecule has 0 saturated heterocycles. The molecule has 0 unspecified atom stereocenters. The number of nitrogens with zero attached hydrogens (tertiary/aromatic N) is 2. The maximum atomic E-state index is 10.0. The summed E-state index contributed by atoms with van der Waals surface area (Å²) in [5, 5.41) is 30.3. The normalized spacial score (nSPS) is 10.5. The summed E-state index contributed by atoms with van der Waals surface area (Å²) in [6, 6.07) is 8.98. The molecule has 0 aliphatic rings. The minimum Gasteiger partial charge on any atom is -0.506 e. The smallest absolute Gasteiger partial charge is 0.142 e. The molecule has 5 heteroatoms. The molecule has 100 valence electrons. The molecule has 2 aromatic rings. The van der Waals surface area contributed by atoms with E-state index in [-0.39, 0.29) is 18.9 Å². The number of aliphatic hydroxyl groups is 1. The Bertz CT molecular complexity index is 558. The van der Waals surface area contributed by atoms with Crippen LogP contribution in [0.3, 0.4) is 0 Å². The number of hydrogen-bond donors (Lipinski definition) is 3. The van der Waals surface area contributed by atoms with Gasteiger partial charge in [-0.3, -0.25) is 15.3 Å². The topological polar surface area (TPSA) is 76.8 Å². The molecule has 0 saturated carbocycles. The van der Waals surface area contributed by atoms with E-state index in [1.165, 1.54) is 6.20 Å². The number of aromatic hydroxyl groups is 1. The van der Waals surface area contributed by atoms with Gasteiger partial charge >= 0.3 is 0 Å². The van der Waals surface area contributed by atoms with Crippen molar-refractivity contribution in [2.24, 2.45) is 0 Å². The molecule has 5 nitrogen and oxygen atoms in total. The summed E-state index contributed by atoms with van der Waals surface area (Å²) < 4.78 is 0. The lowest BCUT2D eigenvalue weighted by molar-refractivity contribution is 0.244. The summed E-state index contributed by atoms with van der Waals surface area (Å²) in [7, 11) is 0. The van der Waals surface area contributed by atoms with Gasteiger partial charge in [0, 0.05) is 17.3 Å². The van der Waals surface area contributed by atoms with Gasteiger partial charge in [0.25, 0.3) is 0 Å². The van der Waals surface area contributed by atoms with Crippen LogP contribution in [0.1, 0.15) is 16.8 Å². The van der Waals surface area contributed by atoms with E-state index in [1.54, 1.807) is 19.1 Å². The van der Waals surface area contributed by atoms with Gasteiger partial charge in [0.05, 0.1) is 24.5 Å². The van der Waals surface area contributed by atoms with Crippen molar-refractivity contribution in [3.05, 3.63) is 53.3 Å². The number of benzene rings is 1. The van der Waals surface area contributed by atoms with E-state index in [2.05, 4.69) is 4.98 Å². The Kier molecular flexibility index (Phi) is 3.99. The molecule has 0 atom stereocenters. The van der Waals surface area contributed by atoms with E-state index in [0.717, 1.165) is 5.06 Å². The van der Waals surface area contributed by atoms with Gasteiger partial charge in [0.2, 0.25) is 0 Å². The SMILES string of the molecule is Cc1ncc(CO)c(CN(O)c2ccccc2)c1O. The predicted molar refractivity (Wildman–Crippen MR) is 71.0 cm³/mol. The molecule has 1 aromatic carbocycles. The maximum Gasteiger partial charge on any atom is 0.142 e. The Morgan fingerprint density at radius 3 is 2.53 bits per heavy atom. The van der Waals surface area contributed by atoms with Crippen LogP contribution >= 0.6 is 0 Å². The predicted octanol–water partition coefficient (Wildman–Crippen LogP) is 1.98. The fraction of sp³-hybridized carbons (Fsp3) is 0.214. The second kappa shape index (κ2) is 5.69. The molecule has 19 heavy (non-hydrogen) atoms. The van der Waals surface area contributed by atoms with E-state index in [4.69, 9.17) is 0 Å². The van der Waals surface area contributed by atoms with E-state index >= 15 is 0 Å². The Morgan fingerprint density at radius 1 is 1.21 bits per heavy atom. The quantitative estimate of drug-likeness (QED) is 0.733. The first-order valence-electron chi connectivity index (χ1n) is 5.92. The highest BCUT2D eigenvalue weighted by Gasteiger charge is 2.14. The largest absolute Gasteiger partial charge is 0.506 e. The third kappa shape index (κ3) is 2.83. The summed E-state index contributed by atoms with van der Waals surface area (Å²) in [5.41, 5.74) is 2.05. The van der Waals surface area contributed by atoms with Crippen LogP contribution in [0.4, 0.5) is 5.69 Å². The van der Waals surface area contributed by atoms with Crippen LogP contribution in [0.5, 0.6) is 5.75 Å². The molecule has 0 radical (unpaired) electrons. The second-order valence-electron chi connectivity index (χ2n) is 4.25. The van der Waals surface area contributed by atoms with Gasteiger partial charge in [-0.2, -0.15) is 0 Å². The van der Waals surface area contributed by atoms with Gasteiger partial charge in [0.15, 0.2) is 0 Å². The maximum absolute atomic E-state index is 10.0. The molecule has 0 aliphatic heterocycles. The number of anilines is 1. The zero-order chi connectivity index (χ0) is 13.8. The molecule has 2 rings (SSSR count). The monoisotopic (exact) mass is 260 g/mol. The summed E-state index contributed by atoms with van der Waals surface area (Å²) in [6.45, 7) is 1.51.